The van der Waals surface area contributed by atoms with Crippen LogP contribution in [-0.4, -0.2) is 40.4 Å². The van der Waals surface area contributed by atoms with Crippen molar-refractivity contribution in [3.8, 4) is 0 Å². The van der Waals surface area contributed by atoms with E-state index in [4.69, 9.17) is 0 Å². The van der Waals surface area contributed by atoms with E-state index in [-0.39, 0.29) is 5.91 Å². The molecule has 1 aliphatic rings. The van der Waals surface area contributed by atoms with Gasteiger partial charge >= 0.3 is 68.3 Å². The monoisotopic (exact) mass is 256 g/mol. The van der Waals surface area contributed by atoms with Gasteiger partial charge < -0.3 is 0 Å². The van der Waals surface area contributed by atoms with E-state index in [1.54, 1.807) is 0 Å². The van der Waals surface area contributed by atoms with Gasteiger partial charge in [-0.05, 0) is 0 Å². The van der Waals surface area contributed by atoms with Gasteiger partial charge in [0.15, 0.2) is 0 Å². The van der Waals surface area contributed by atoms with Gasteiger partial charge in [0.2, 0.25) is 0 Å². The number of nitrogens with zero attached hydrogens (tertiary/aromatic N) is 1. The topological polar surface area (TPSA) is 29.4 Å². The molecule has 1 amide bonds. The molecule has 2 nitrogen and oxygen atoms in total. The van der Waals surface area contributed by atoms with Crippen molar-refractivity contribution in [1.29, 1.82) is 0 Å². The van der Waals surface area contributed by atoms with Gasteiger partial charge in [-0.3, -0.25) is 0 Å². The summed E-state index contributed by atoms with van der Waals surface area (Å²) in [5.41, 5.74) is 0. The fourth-order valence-corrected chi connectivity index (χ4v) is 4.16. The molecule has 4 heteroatoms. The third kappa shape index (κ3) is 2.22. The molecule has 9 heavy (non-hydrogen) atoms. The molecule has 0 aromatic heterocycles. The molecule has 1 unspecified atom stereocenters. The van der Waals surface area contributed by atoms with Crippen LogP contribution in [0.2, 0.25) is 4.82 Å². The van der Waals surface area contributed by atoms with Crippen LogP contribution in [0.25, 0.3) is 0 Å². The van der Waals surface area contributed by atoms with Crippen molar-refractivity contribution < 1.29 is 4.79 Å². The molecular weight excluding hydrogens is 248 g/mol. The first-order chi connectivity index (χ1) is 4.18. The molecule has 0 saturated carbocycles. The zero-order valence-electron chi connectivity index (χ0n) is 4.96. The molecule has 0 bridgehead atoms. The molecule has 0 N–H and O–H groups in total. The van der Waals surface area contributed by atoms with Gasteiger partial charge in [0, 0.05) is 0 Å². The van der Waals surface area contributed by atoms with Crippen LogP contribution >= 0.6 is 0 Å². The Morgan fingerprint density at radius 1 is 1.89 bits per heavy atom. The fraction of sp³-hybridized carbons (Fsp3) is 0.600. The van der Waals surface area contributed by atoms with Crippen LogP contribution in [0.3, 0.4) is 0 Å². The molecule has 0 aromatic carbocycles. The van der Waals surface area contributed by atoms with E-state index in [0.29, 0.717) is 26.2 Å². The molecule has 0 spiro atoms. The Hall–Kier alpha value is 0.379. The SMILES string of the molecule is CC1CC(=O)N=C([Se])[Se]1. The first-order valence-electron chi connectivity index (χ1n) is 2.63. The Bertz CT molecular complexity index is 166. The average molecular weight is 254 g/mol. The second-order valence-corrected chi connectivity index (χ2v) is 7.02. The van der Waals surface area contributed by atoms with Crippen LogP contribution in [0.1, 0.15) is 13.3 Å². The standard InChI is InChI=1S/C5H6NOSe2/c1-3-2-4(7)6-5(8)9-3/h3H,2H2,1H3. The van der Waals surface area contributed by atoms with Crippen molar-refractivity contribution in [3.05, 3.63) is 0 Å². The molecule has 0 fully saturated rings. The molecular formula is C5H6NOSe2. The summed E-state index contributed by atoms with van der Waals surface area (Å²) in [7, 11) is 0. The predicted molar refractivity (Wildman–Crippen MR) is 38.0 cm³/mol. The van der Waals surface area contributed by atoms with Gasteiger partial charge in [-0.1, -0.05) is 0 Å². The molecule has 1 heterocycles. The van der Waals surface area contributed by atoms with E-state index in [9.17, 15) is 4.79 Å². The molecule has 1 rings (SSSR count). The Kier molecular flexibility index (Phi) is 2.48. The number of hydrogen-bond acceptors (Lipinski definition) is 1. The Labute approximate surface area is 68.5 Å². The van der Waals surface area contributed by atoms with E-state index in [0.717, 1.165) is 3.51 Å². The van der Waals surface area contributed by atoms with Gasteiger partial charge in [0.1, 0.15) is 0 Å². The summed E-state index contributed by atoms with van der Waals surface area (Å²) < 4.78 is 0.922. The van der Waals surface area contributed by atoms with Crippen LogP contribution < -0.4 is 0 Å². The van der Waals surface area contributed by atoms with E-state index < -0.39 is 0 Å². The van der Waals surface area contributed by atoms with Crippen LogP contribution in [0.15, 0.2) is 4.99 Å². The molecule has 0 aromatic rings. The quantitative estimate of drug-likeness (QED) is 0.557. The maximum atomic E-state index is 10.7. The number of hydrogen-bond donors (Lipinski definition) is 0. The second-order valence-electron chi connectivity index (χ2n) is 1.90. The van der Waals surface area contributed by atoms with E-state index in [1.165, 1.54) is 0 Å². The number of amides is 1. The van der Waals surface area contributed by atoms with Crippen molar-refractivity contribution in [2.45, 2.75) is 18.2 Å². The minimum absolute atomic E-state index is 0.0318. The fourth-order valence-electron chi connectivity index (χ4n) is 0.633. The molecule has 0 aliphatic carbocycles. The molecule has 1 atom stereocenters. The van der Waals surface area contributed by atoms with Crippen molar-refractivity contribution in [1.82, 2.24) is 0 Å². The third-order valence-corrected chi connectivity index (χ3v) is 4.03. The number of carbonyl (C=O) groups is 1. The Balaban J connectivity index is 2.67. The number of rotatable bonds is 0. The second kappa shape index (κ2) is 2.98. The van der Waals surface area contributed by atoms with Gasteiger partial charge in [0.05, 0.1) is 0 Å². The van der Waals surface area contributed by atoms with Crippen molar-refractivity contribution in [2.75, 3.05) is 0 Å². The zero-order valence-corrected chi connectivity index (χ0v) is 8.38. The van der Waals surface area contributed by atoms with Crippen LogP contribution in [0, 0.1) is 0 Å². The van der Waals surface area contributed by atoms with Crippen molar-refractivity contribution in [3.63, 3.8) is 0 Å². The van der Waals surface area contributed by atoms with Gasteiger partial charge in [-0.2, -0.15) is 0 Å². The van der Waals surface area contributed by atoms with Crippen molar-refractivity contribution >= 4 is 40.4 Å². The predicted octanol–water partition coefficient (Wildman–Crippen LogP) is -0.0462. The van der Waals surface area contributed by atoms with Crippen LogP contribution in [-0.2, 0) is 4.79 Å². The summed E-state index contributed by atoms with van der Waals surface area (Å²) >= 11 is 3.22. The molecule has 1 aliphatic heterocycles. The van der Waals surface area contributed by atoms with Crippen LogP contribution in [0.4, 0.5) is 0 Å². The zero-order chi connectivity index (χ0) is 6.85. The van der Waals surface area contributed by atoms with E-state index in [2.05, 4.69) is 27.9 Å². The molecule has 49 valence electrons. The van der Waals surface area contributed by atoms with E-state index in [1.807, 2.05) is 0 Å². The normalized spacial score (nSPS) is 27.9. The Morgan fingerprint density at radius 2 is 2.56 bits per heavy atom. The van der Waals surface area contributed by atoms with Crippen LogP contribution in [0.5, 0.6) is 0 Å². The summed E-state index contributed by atoms with van der Waals surface area (Å²) in [5.74, 6) is 0.0318. The Morgan fingerprint density at radius 3 is 3.00 bits per heavy atom. The maximum absolute atomic E-state index is 10.7. The van der Waals surface area contributed by atoms with Crippen molar-refractivity contribution in [2.24, 2.45) is 4.99 Å². The van der Waals surface area contributed by atoms with Gasteiger partial charge in [-0.25, -0.2) is 0 Å². The number of carbonyl (C=O) groups excluding carboxylic acids is 1. The van der Waals surface area contributed by atoms with Gasteiger partial charge in [-0.15, -0.1) is 0 Å². The first-order valence-corrected chi connectivity index (χ1v) is 5.34. The minimum atomic E-state index is 0.0318. The summed E-state index contributed by atoms with van der Waals surface area (Å²) in [5, 5.41) is 0. The number of aliphatic imine (C=N–C) groups is 1. The molecule has 0 saturated heterocycles. The molecule has 1 radical (unpaired) electrons. The summed E-state index contributed by atoms with van der Waals surface area (Å²) in [6.07, 6.45) is 0.644. The summed E-state index contributed by atoms with van der Waals surface area (Å²) in [6, 6.07) is 0. The third-order valence-electron chi connectivity index (χ3n) is 0.980. The first kappa shape index (κ1) is 7.49. The van der Waals surface area contributed by atoms with Gasteiger partial charge in [0.25, 0.3) is 0 Å². The summed E-state index contributed by atoms with van der Waals surface area (Å²) in [6.45, 7) is 2.09. The average Bonchev–Trinajstić information content (AvgIpc) is 1.59. The summed E-state index contributed by atoms with van der Waals surface area (Å²) in [4.78, 5) is 15.0. The van der Waals surface area contributed by atoms with E-state index >= 15 is 0 Å².